The van der Waals surface area contributed by atoms with Gasteiger partial charge in [0, 0.05) is 19.2 Å². The molecule has 1 saturated carbocycles. The molecule has 0 aromatic heterocycles. The van der Waals surface area contributed by atoms with Crippen LogP contribution in [0.5, 0.6) is 5.75 Å². The Kier molecular flexibility index (Phi) is 5.59. The zero-order chi connectivity index (χ0) is 15.1. The molecule has 1 aromatic carbocycles. The molecule has 2 rings (SSSR count). The van der Waals surface area contributed by atoms with E-state index in [1.807, 2.05) is 24.3 Å². The second-order valence-corrected chi connectivity index (χ2v) is 5.65. The van der Waals surface area contributed by atoms with Gasteiger partial charge in [-0.2, -0.15) is 0 Å². The number of nitrogens with one attached hydrogen (secondary N) is 1. The van der Waals surface area contributed by atoms with Crippen LogP contribution in [-0.4, -0.2) is 32.8 Å². The van der Waals surface area contributed by atoms with Crippen LogP contribution in [0.2, 0.25) is 0 Å². The Morgan fingerprint density at radius 1 is 1.29 bits per heavy atom. The average Bonchev–Trinajstić information content (AvgIpc) is 2.45. The van der Waals surface area contributed by atoms with Gasteiger partial charge in [-0.3, -0.25) is 4.79 Å². The third-order valence-electron chi connectivity index (χ3n) is 4.08. The van der Waals surface area contributed by atoms with E-state index in [4.69, 9.17) is 15.2 Å². The third-order valence-corrected chi connectivity index (χ3v) is 4.08. The molecule has 0 saturated heterocycles. The molecule has 0 atom stereocenters. The van der Waals surface area contributed by atoms with Crippen LogP contribution in [-0.2, 0) is 9.53 Å². The standard InChI is InChI=1S/C16H24N2O3/c1-20-9-10-21-14-5-3-13(4-6-14)18-15(19)11-16(12-17)7-2-8-16/h3-6H,2,7-12,17H2,1H3,(H,18,19). The maximum atomic E-state index is 12.1. The summed E-state index contributed by atoms with van der Waals surface area (Å²) in [6, 6.07) is 7.37. The molecule has 0 radical (unpaired) electrons. The molecular formula is C16H24N2O3. The predicted molar refractivity (Wildman–Crippen MR) is 82.4 cm³/mol. The number of amides is 1. The normalized spacial score (nSPS) is 16.1. The summed E-state index contributed by atoms with van der Waals surface area (Å²) >= 11 is 0. The van der Waals surface area contributed by atoms with Crippen molar-refractivity contribution >= 4 is 11.6 Å². The zero-order valence-corrected chi connectivity index (χ0v) is 12.6. The highest BCUT2D eigenvalue weighted by molar-refractivity contribution is 5.91. The minimum Gasteiger partial charge on any atom is -0.491 e. The highest BCUT2D eigenvalue weighted by atomic mass is 16.5. The summed E-state index contributed by atoms with van der Waals surface area (Å²) in [5.41, 5.74) is 6.60. The lowest BCUT2D eigenvalue weighted by Gasteiger charge is -2.40. The molecule has 1 fully saturated rings. The maximum Gasteiger partial charge on any atom is 0.224 e. The Morgan fingerprint density at radius 2 is 2.00 bits per heavy atom. The topological polar surface area (TPSA) is 73.6 Å². The van der Waals surface area contributed by atoms with E-state index < -0.39 is 0 Å². The Labute approximate surface area is 125 Å². The molecule has 5 nitrogen and oxygen atoms in total. The number of carbonyl (C=O) groups excluding carboxylic acids is 1. The van der Waals surface area contributed by atoms with Gasteiger partial charge in [-0.25, -0.2) is 0 Å². The van der Waals surface area contributed by atoms with E-state index in [0.717, 1.165) is 24.3 Å². The van der Waals surface area contributed by atoms with Gasteiger partial charge in [0.25, 0.3) is 0 Å². The summed E-state index contributed by atoms with van der Waals surface area (Å²) in [7, 11) is 1.64. The Balaban J connectivity index is 1.81. The summed E-state index contributed by atoms with van der Waals surface area (Å²) in [5.74, 6) is 0.802. The van der Waals surface area contributed by atoms with Crippen molar-refractivity contribution in [3.8, 4) is 5.75 Å². The Bertz CT molecular complexity index is 450. The summed E-state index contributed by atoms with van der Waals surface area (Å²) in [6.45, 7) is 1.66. The van der Waals surface area contributed by atoms with Gasteiger partial charge in [0.1, 0.15) is 12.4 Å². The first-order valence-corrected chi connectivity index (χ1v) is 7.39. The molecule has 116 valence electrons. The van der Waals surface area contributed by atoms with Gasteiger partial charge in [0.05, 0.1) is 6.61 Å². The van der Waals surface area contributed by atoms with Crippen LogP contribution >= 0.6 is 0 Å². The van der Waals surface area contributed by atoms with Crippen LogP contribution in [0, 0.1) is 5.41 Å². The first-order chi connectivity index (χ1) is 10.2. The van der Waals surface area contributed by atoms with Gasteiger partial charge in [-0.15, -0.1) is 0 Å². The highest BCUT2D eigenvalue weighted by Gasteiger charge is 2.37. The zero-order valence-electron chi connectivity index (χ0n) is 12.6. The fourth-order valence-corrected chi connectivity index (χ4v) is 2.55. The van der Waals surface area contributed by atoms with Crippen molar-refractivity contribution in [1.82, 2.24) is 0 Å². The number of hydrogen-bond acceptors (Lipinski definition) is 4. The van der Waals surface area contributed by atoms with Crippen LogP contribution in [0.25, 0.3) is 0 Å². The van der Waals surface area contributed by atoms with Crippen LogP contribution in [0.3, 0.4) is 0 Å². The van der Waals surface area contributed by atoms with E-state index in [-0.39, 0.29) is 11.3 Å². The average molecular weight is 292 g/mol. The highest BCUT2D eigenvalue weighted by Crippen LogP contribution is 2.43. The molecule has 1 aliphatic rings. The van der Waals surface area contributed by atoms with Crippen LogP contribution < -0.4 is 15.8 Å². The molecule has 0 heterocycles. The van der Waals surface area contributed by atoms with Crippen LogP contribution in [0.15, 0.2) is 24.3 Å². The van der Waals surface area contributed by atoms with Crippen molar-refractivity contribution in [3.63, 3.8) is 0 Å². The van der Waals surface area contributed by atoms with E-state index in [2.05, 4.69) is 5.32 Å². The summed E-state index contributed by atoms with van der Waals surface area (Å²) in [4.78, 5) is 12.1. The van der Waals surface area contributed by atoms with Gasteiger partial charge in [-0.1, -0.05) is 6.42 Å². The van der Waals surface area contributed by atoms with Gasteiger partial charge in [0.15, 0.2) is 0 Å². The quantitative estimate of drug-likeness (QED) is 0.720. The summed E-state index contributed by atoms with van der Waals surface area (Å²) < 4.78 is 10.4. The molecule has 5 heteroatoms. The molecule has 1 aromatic rings. The number of methoxy groups -OCH3 is 1. The number of carbonyl (C=O) groups is 1. The number of ether oxygens (including phenoxy) is 2. The monoisotopic (exact) mass is 292 g/mol. The maximum absolute atomic E-state index is 12.1. The van der Waals surface area contributed by atoms with E-state index >= 15 is 0 Å². The number of hydrogen-bond donors (Lipinski definition) is 2. The fraction of sp³-hybridized carbons (Fsp3) is 0.562. The van der Waals surface area contributed by atoms with E-state index in [1.165, 1.54) is 6.42 Å². The second-order valence-electron chi connectivity index (χ2n) is 5.65. The number of anilines is 1. The van der Waals surface area contributed by atoms with E-state index in [9.17, 15) is 4.79 Å². The van der Waals surface area contributed by atoms with Gasteiger partial charge >= 0.3 is 0 Å². The molecule has 1 amide bonds. The molecule has 1 aliphatic carbocycles. The molecule has 0 aliphatic heterocycles. The van der Waals surface area contributed by atoms with Crippen LogP contribution in [0.1, 0.15) is 25.7 Å². The lowest BCUT2D eigenvalue weighted by Crippen LogP contribution is -2.40. The molecule has 0 unspecified atom stereocenters. The smallest absolute Gasteiger partial charge is 0.224 e. The first kappa shape index (κ1) is 15.8. The predicted octanol–water partition coefficient (Wildman–Crippen LogP) is 2.17. The first-order valence-electron chi connectivity index (χ1n) is 7.39. The van der Waals surface area contributed by atoms with Crippen molar-refractivity contribution in [2.24, 2.45) is 11.1 Å². The number of nitrogens with two attached hydrogens (primary N) is 1. The summed E-state index contributed by atoms with van der Waals surface area (Å²) in [5, 5.41) is 2.92. The third kappa shape index (κ3) is 4.44. The van der Waals surface area contributed by atoms with Gasteiger partial charge < -0.3 is 20.5 Å². The fourth-order valence-electron chi connectivity index (χ4n) is 2.55. The lowest BCUT2D eigenvalue weighted by molar-refractivity contribution is -0.119. The molecule has 21 heavy (non-hydrogen) atoms. The van der Waals surface area contributed by atoms with E-state index in [0.29, 0.717) is 26.2 Å². The molecule has 3 N–H and O–H groups in total. The largest absolute Gasteiger partial charge is 0.491 e. The van der Waals surface area contributed by atoms with E-state index in [1.54, 1.807) is 7.11 Å². The number of benzene rings is 1. The lowest BCUT2D eigenvalue weighted by atomic mass is 9.66. The van der Waals surface area contributed by atoms with Crippen molar-refractivity contribution < 1.29 is 14.3 Å². The van der Waals surface area contributed by atoms with Crippen molar-refractivity contribution in [2.75, 3.05) is 32.2 Å². The van der Waals surface area contributed by atoms with Crippen LogP contribution in [0.4, 0.5) is 5.69 Å². The minimum absolute atomic E-state index is 0.0350. The second kappa shape index (κ2) is 7.43. The Morgan fingerprint density at radius 3 is 2.52 bits per heavy atom. The van der Waals surface area contributed by atoms with Gasteiger partial charge in [-0.05, 0) is 49.1 Å². The number of rotatable bonds is 8. The van der Waals surface area contributed by atoms with Gasteiger partial charge in [0.2, 0.25) is 5.91 Å². The molecular weight excluding hydrogens is 268 g/mol. The minimum atomic E-state index is 0.0350. The van der Waals surface area contributed by atoms with Crippen molar-refractivity contribution in [1.29, 1.82) is 0 Å². The van der Waals surface area contributed by atoms with Crippen molar-refractivity contribution in [2.45, 2.75) is 25.7 Å². The Hall–Kier alpha value is -1.59. The molecule has 0 bridgehead atoms. The van der Waals surface area contributed by atoms with Crippen molar-refractivity contribution in [3.05, 3.63) is 24.3 Å². The summed E-state index contributed by atoms with van der Waals surface area (Å²) in [6.07, 6.45) is 3.81. The molecule has 0 spiro atoms. The SMILES string of the molecule is COCCOc1ccc(NC(=O)CC2(CN)CCC2)cc1.